The van der Waals surface area contributed by atoms with E-state index < -0.39 is 0 Å². The third kappa shape index (κ3) is 5.29. The number of allylic oxidation sites excluding steroid dienone is 8. The molecule has 36 heavy (non-hydrogen) atoms. The SMILES string of the molecule is C1=CC(CNC(c2ccccc2)[N@@]2NC2C2=CCC(c3cccc(C4=CCCC=C4)c3)C=C2)=CCC1. The van der Waals surface area contributed by atoms with Gasteiger partial charge in [-0.2, -0.15) is 5.01 Å². The predicted octanol–water partition coefficient (Wildman–Crippen LogP) is 7.10. The number of hydrogen-bond donors (Lipinski definition) is 2. The third-order valence-corrected chi connectivity index (χ3v) is 7.53. The van der Waals surface area contributed by atoms with E-state index in [1.165, 1.54) is 33.4 Å². The van der Waals surface area contributed by atoms with Crippen molar-refractivity contribution >= 4 is 5.57 Å². The van der Waals surface area contributed by atoms with Crippen LogP contribution in [0.15, 0.2) is 120 Å². The van der Waals surface area contributed by atoms with Crippen LogP contribution in [-0.2, 0) is 0 Å². The first-order valence-corrected chi connectivity index (χ1v) is 13.4. The maximum absolute atomic E-state index is 3.79. The summed E-state index contributed by atoms with van der Waals surface area (Å²) in [5, 5.41) is 6.14. The Morgan fingerprint density at radius 3 is 2.47 bits per heavy atom. The molecule has 0 amide bonds. The number of nitrogens with zero attached hydrogens (tertiary/aromatic N) is 1. The highest BCUT2D eigenvalue weighted by atomic mass is 15.8. The molecule has 0 saturated carbocycles. The summed E-state index contributed by atoms with van der Waals surface area (Å²) in [6, 6.07) is 19.9. The molecule has 0 spiro atoms. The number of rotatable bonds is 8. The summed E-state index contributed by atoms with van der Waals surface area (Å²) < 4.78 is 0. The van der Waals surface area contributed by atoms with Gasteiger partial charge in [0.1, 0.15) is 12.3 Å². The molecule has 3 heteroatoms. The quantitative estimate of drug-likeness (QED) is 0.402. The summed E-state index contributed by atoms with van der Waals surface area (Å²) in [5.74, 6) is 0.433. The maximum Gasteiger partial charge on any atom is 0.114 e. The molecule has 1 aliphatic heterocycles. The second kappa shape index (κ2) is 10.8. The summed E-state index contributed by atoms with van der Waals surface area (Å²) in [7, 11) is 0. The van der Waals surface area contributed by atoms with Crippen molar-refractivity contribution in [2.24, 2.45) is 0 Å². The van der Waals surface area contributed by atoms with Crippen LogP contribution in [0.25, 0.3) is 5.57 Å². The Bertz CT molecular complexity index is 1260. The van der Waals surface area contributed by atoms with E-state index in [9.17, 15) is 0 Å². The summed E-state index contributed by atoms with van der Waals surface area (Å²) >= 11 is 0. The third-order valence-electron chi connectivity index (χ3n) is 7.53. The van der Waals surface area contributed by atoms with Gasteiger partial charge in [-0.15, -0.1) is 0 Å². The highest BCUT2D eigenvalue weighted by Crippen LogP contribution is 2.35. The van der Waals surface area contributed by atoms with Crippen molar-refractivity contribution in [3.05, 3.63) is 137 Å². The van der Waals surface area contributed by atoms with Gasteiger partial charge in [0.15, 0.2) is 0 Å². The van der Waals surface area contributed by atoms with Crippen LogP contribution in [-0.4, -0.2) is 17.7 Å². The van der Waals surface area contributed by atoms with Crippen LogP contribution >= 0.6 is 0 Å². The van der Waals surface area contributed by atoms with Crippen LogP contribution in [0.1, 0.15) is 60.9 Å². The van der Waals surface area contributed by atoms with Crippen molar-refractivity contribution in [3.8, 4) is 0 Å². The molecule has 1 heterocycles. The van der Waals surface area contributed by atoms with E-state index in [-0.39, 0.29) is 12.3 Å². The van der Waals surface area contributed by atoms with E-state index in [0.717, 1.165) is 38.6 Å². The van der Waals surface area contributed by atoms with Crippen molar-refractivity contribution in [2.75, 3.05) is 6.54 Å². The van der Waals surface area contributed by atoms with Gasteiger partial charge in [-0.3, -0.25) is 5.32 Å². The minimum absolute atomic E-state index is 0.132. The Morgan fingerprint density at radius 1 is 0.861 bits per heavy atom. The Kier molecular flexibility index (Phi) is 6.95. The van der Waals surface area contributed by atoms with E-state index in [1.54, 1.807) is 0 Å². The van der Waals surface area contributed by atoms with Crippen LogP contribution in [0, 0.1) is 0 Å². The van der Waals surface area contributed by atoms with Gasteiger partial charge in [-0.1, -0.05) is 109 Å². The van der Waals surface area contributed by atoms with Crippen molar-refractivity contribution in [1.82, 2.24) is 15.8 Å². The highest BCUT2D eigenvalue weighted by molar-refractivity contribution is 5.75. The summed E-state index contributed by atoms with van der Waals surface area (Å²) in [6.45, 7) is 0.875. The van der Waals surface area contributed by atoms with Gasteiger partial charge in [-0.25, -0.2) is 5.43 Å². The van der Waals surface area contributed by atoms with Gasteiger partial charge in [0, 0.05) is 12.5 Å². The van der Waals surface area contributed by atoms with Gasteiger partial charge in [0.05, 0.1) is 0 Å². The Labute approximate surface area is 215 Å². The van der Waals surface area contributed by atoms with E-state index in [2.05, 4.69) is 125 Å². The van der Waals surface area contributed by atoms with Crippen molar-refractivity contribution in [3.63, 3.8) is 0 Å². The fraction of sp³-hybridized carbons (Fsp3) is 0.273. The molecular formula is C33H35N3. The van der Waals surface area contributed by atoms with Crippen molar-refractivity contribution < 1.29 is 0 Å². The lowest BCUT2D eigenvalue weighted by atomic mass is 9.87. The van der Waals surface area contributed by atoms with Crippen LogP contribution < -0.4 is 10.7 Å². The minimum Gasteiger partial charge on any atom is -0.293 e. The molecule has 2 aromatic rings. The minimum atomic E-state index is 0.132. The number of benzene rings is 2. The van der Waals surface area contributed by atoms with Crippen LogP contribution in [0.5, 0.6) is 0 Å². The molecule has 2 N–H and O–H groups in total. The van der Waals surface area contributed by atoms with E-state index in [0.29, 0.717) is 5.92 Å². The molecule has 6 rings (SSSR count). The molecular weight excluding hydrogens is 438 g/mol. The second-order valence-corrected chi connectivity index (χ2v) is 10.1. The van der Waals surface area contributed by atoms with E-state index >= 15 is 0 Å². The smallest absolute Gasteiger partial charge is 0.114 e. The zero-order chi connectivity index (χ0) is 24.2. The predicted molar refractivity (Wildman–Crippen MR) is 150 cm³/mol. The lowest BCUT2D eigenvalue weighted by molar-refractivity contribution is 0.312. The van der Waals surface area contributed by atoms with Gasteiger partial charge in [0.2, 0.25) is 0 Å². The maximum atomic E-state index is 3.79. The molecule has 3 aliphatic carbocycles. The van der Waals surface area contributed by atoms with Gasteiger partial charge in [0.25, 0.3) is 0 Å². The fourth-order valence-electron chi connectivity index (χ4n) is 5.46. The Balaban J connectivity index is 1.12. The Morgan fingerprint density at radius 2 is 1.72 bits per heavy atom. The first kappa shape index (κ1) is 23.2. The molecule has 0 bridgehead atoms. The monoisotopic (exact) mass is 473 g/mol. The molecule has 3 unspecified atom stereocenters. The standard InChI is InChI=1S/C33H35N3/c1-4-11-25(12-5-1)24-34-32(28-15-8-3-9-16-28)36-33(35-36)29-21-19-27(20-22-29)31-18-10-17-30(23-31)26-13-6-2-7-14-26/h3-4,6,8-19,21-23,27,32-35H,1-2,5,7,20,24H2/t27?,32?,33?,36-/m1/s1. The van der Waals surface area contributed by atoms with E-state index in [1.807, 2.05) is 0 Å². The zero-order valence-electron chi connectivity index (χ0n) is 20.8. The fourth-order valence-corrected chi connectivity index (χ4v) is 5.46. The molecule has 4 atom stereocenters. The van der Waals surface area contributed by atoms with Crippen LogP contribution in [0.3, 0.4) is 0 Å². The highest BCUT2D eigenvalue weighted by Gasteiger charge is 2.42. The molecule has 1 fully saturated rings. The van der Waals surface area contributed by atoms with E-state index in [4.69, 9.17) is 0 Å². The molecule has 4 aliphatic rings. The average Bonchev–Trinajstić information content (AvgIpc) is 3.76. The molecule has 0 aromatic heterocycles. The average molecular weight is 474 g/mol. The molecule has 1 saturated heterocycles. The second-order valence-electron chi connectivity index (χ2n) is 10.1. The van der Waals surface area contributed by atoms with Gasteiger partial charge < -0.3 is 0 Å². The zero-order valence-corrected chi connectivity index (χ0v) is 20.8. The van der Waals surface area contributed by atoms with Crippen LogP contribution in [0.2, 0.25) is 0 Å². The van der Waals surface area contributed by atoms with Crippen molar-refractivity contribution in [2.45, 2.75) is 50.4 Å². The molecule has 182 valence electrons. The summed E-state index contributed by atoms with van der Waals surface area (Å²) in [5.41, 5.74) is 11.7. The van der Waals surface area contributed by atoms with Gasteiger partial charge in [-0.05, 0) is 65.5 Å². The lowest BCUT2D eigenvalue weighted by Crippen LogP contribution is -2.31. The normalized spacial score (nSPS) is 25.7. The van der Waals surface area contributed by atoms with Crippen LogP contribution in [0.4, 0.5) is 0 Å². The first-order chi connectivity index (χ1) is 17.8. The number of nitrogens with one attached hydrogen (secondary N) is 2. The largest absolute Gasteiger partial charge is 0.293 e. The molecule has 3 nitrogen and oxygen atoms in total. The Hall–Kier alpha value is -3.24. The lowest BCUT2D eigenvalue weighted by Gasteiger charge is -2.22. The topological polar surface area (TPSA) is 37.0 Å². The van der Waals surface area contributed by atoms with Gasteiger partial charge >= 0.3 is 0 Å². The molecule has 0 radical (unpaired) electrons. The number of hydrogen-bond acceptors (Lipinski definition) is 3. The number of hydrazine groups is 1. The summed E-state index contributed by atoms with van der Waals surface area (Å²) in [6.07, 6.45) is 27.0. The first-order valence-electron chi connectivity index (χ1n) is 13.4. The van der Waals surface area contributed by atoms with Crippen molar-refractivity contribution in [1.29, 1.82) is 0 Å². The molecule has 2 aromatic carbocycles. The summed E-state index contributed by atoms with van der Waals surface area (Å²) in [4.78, 5) is 0.